The predicted molar refractivity (Wildman–Crippen MR) is 81.7 cm³/mol. The molecule has 1 heterocycles. The Kier molecular flexibility index (Phi) is 5.55. The van der Waals surface area contributed by atoms with Gasteiger partial charge in [0.1, 0.15) is 0 Å². The minimum Gasteiger partial charge on any atom is -0.464 e. The average molecular weight is 295 g/mol. The van der Waals surface area contributed by atoms with Crippen molar-refractivity contribution in [2.24, 2.45) is 0 Å². The van der Waals surface area contributed by atoms with Gasteiger partial charge in [-0.1, -0.05) is 19.3 Å². The molecule has 0 unspecified atom stereocenters. The Bertz CT molecular complexity index is 425. The van der Waals surface area contributed by atoms with E-state index in [1.165, 1.54) is 6.42 Å². The lowest BCUT2D eigenvalue weighted by Gasteiger charge is -2.36. The van der Waals surface area contributed by atoms with Gasteiger partial charge in [0.25, 0.3) is 0 Å². The molecule has 21 heavy (non-hydrogen) atoms. The second-order valence-electron chi connectivity index (χ2n) is 5.35. The summed E-state index contributed by atoms with van der Waals surface area (Å²) >= 11 is 0. The molecule has 0 bridgehead atoms. The topological polar surface area (TPSA) is 92.2 Å². The average Bonchev–Trinajstić information content (AvgIpc) is 2.48. The van der Waals surface area contributed by atoms with Crippen molar-refractivity contribution >= 4 is 11.9 Å². The van der Waals surface area contributed by atoms with E-state index >= 15 is 0 Å². The van der Waals surface area contributed by atoms with E-state index in [0.717, 1.165) is 32.2 Å². The van der Waals surface area contributed by atoms with Crippen LogP contribution in [0.4, 0.5) is 11.9 Å². The molecular weight excluding hydrogens is 270 g/mol. The van der Waals surface area contributed by atoms with Crippen LogP contribution in [0.3, 0.4) is 0 Å². The highest BCUT2D eigenvalue weighted by Gasteiger charge is 2.32. The third-order valence-electron chi connectivity index (χ3n) is 3.71. The van der Waals surface area contributed by atoms with Crippen LogP contribution in [-0.4, -0.2) is 45.4 Å². The molecule has 7 heteroatoms. The Morgan fingerprint density at radius 2 is 1.81 bits per heavy atom. The standard InChI is InChI=1S/C14H25N5O2/c1-3-15-11-16-12(18-13(17-11)21-4-2)19-14(10-20)8-6-5-7-9-14/h20H,3-10H2,1-2H3,(H2,15,16,17,18,19). The molecule has 0 aliphatic heterocycles. The van der Waals surface area contributed by atoms with Crippen LogP contribution in [0, 0.1) is 0 Å². The lowest BCUT2D eigenvalue weighted by molar-refractivity contribution is 0.172. The van der Waals surface area contributed by atoms with E-state index in [2.05, 4.69) is 25.6 Å². The summed E-state index contributed by atoms with van der Waals surface area (Å²) in [6.45, 7) is 5.17. The van der Waals surface area contributed by atoms with Gasteiger partial charge in [-0.05, 0) is 26.7 Å². The van der Waals surface area contributed by atoms with Gasteiger partial charge in [0.2, 0.25) is 11.9 Å². The highest BCUT2D eigenvalue weighted by molar-refractivity contribution is 5.38. The molecule has 0 radical (unpaired) electrons. The summed E-state index contributed by atoms with van der Waals surface area (Å²) in [4.78, 5) is 12.8. The number of aliphatic hydroxyl groups is 1. The van der Waals surface area contributed by atoms with Crippen molar-refractivity contribution in [2.75, 3.05) is 30.4 Å². The molecule has 118 valence electrons. The summed E-state index contributed by atoms with van der Waals surface area (Å²) in [6.07, 6.45) is 5.28. The number of hydrogen-bond acceptors (Lipinski definition) is 7. The number of aromatic nitrogens is 3. The molecule has 7 nitrogen and oxygen atoms in total. The van der Waals surface area contributed by atoms with Crippen LogP contribution < -0.4 is 15.4 Å². The molecule has 1 aliphatic rings. The maximum absolute atomic E-state index is 9.77. The van der Waals surface area contributed by atoms with Crippen LogP contribution in [-0.2, 0) is 0 Å². The molecular formula is C14H25N5O2. The number of nitrogens with zero attached hydrogens (tertiary/aromatic N) is 3. The fraction of sp³-hybridized carbons (Fsp3) is 0.786. The van der Waals surface area contributed by atoms with Gasteiger partial charge in [0, 0.05) is 6.54 Å². The van der Waals surface area contributed by atoms with Crippen molar-refractivity contribution in [3.8, 4) is 6.01 Å². The fourth-order valence-electron chi connectivity index (χ4n) is 2.63. The molecule has 3 N–H and O–H groups in total. The first-order valence-electron chi connectivity index (χ1n) is 7.73. The second-order valence-corrected chi connectivity index (χ2v) is 5.35. The lowest BCUT2D eigenvalue weighted by Crippen LogP contribution is -2.44. The monoisotopic (exact) mass is 295 g/mol. The number of anilines is 2. The van der Waals surface area contributed by atoms with E-state index in [9.17, 15) is 5.11 Å². The molecule has 0 spiro atoms. The Labute approximate surface area is 125 Å². The maximum Gasteiger partial charge on any atom is 0.323 e. The third kappa shape index (κ3) is 4.17. The number of rotatable bonds is 7. The third-order valence-corrected chi connectivity index (χ3v) is 3.71. The number of hydrogen-bond donors (Lipinski definition) is 3. The van der Waals surface area contributed by atoms with Gasteiger partial charge in [-0.15, -0.1) is 0 Å². The van der Waals surface area contributed by atoms with E-state index < -0.39 is 0 Å². The van der Waals surface area contributed by atoms with Crippen molar-refractivity contribution in [3.05, 3.63) is 0 Å². The number of ether oxygens (including phenoxy) is 1. The SMILES string of the molecule is CCNc1nc(NC2(CO)CCCCC2)nc(OCC)n1. The van der Waals surface area contributed by atoms with Crippen LogP contribution in [0.15, 0.2) is 0 Å². The van der Waals surface area contributed by atoms with Gasteiger partial charge in [0.05, 0.1) is 18.8 Å². The normalized spacial score (nSPS) is 17.3. The minimum atomic E-state index is -0.327. The summed E-state index contributed by atoms with van der Waals surface area (Å²) in [5.74, 6) is 0.947. The molecule has 1 aromatic heterocycles. The summed E-state index contributed by atoms with van der Waals surface area (Å²) in [7, 11) is 0. The zero-order valence-electron chi connectivity index (χ0n) is 12.9. The van der Waals surface area contributed by atoms with Crippen molar-refractivity contribution in [3.63, 3.8) is 0 Å². The van der Waals surface area contributed by atoms with Crippen LogP contribution >= 0.6 is 0 Å². The Morgan fingerprint density at radius 1 is 1.10 bits per heavy atom. The van der Waals surface area contributed by atoms with Crippen molar-refractivity contribution in [2.45, 2.75) is 51.5 Å². The largest absolute Gasteiger partial charge is 0.464 e. The fourth-order valence-corrected chi connectivity index (χ4v) is 2.63. The first-order valence-corrected chi connectivity index (χ1v) is 7.73. The highest BCUT2D eigenvalue weighted by Crippen LogP contribution is 2.30. The van der Waals surface area contributed by atoms with Crippen LogP contribution in [0.5, 0.6) is 6.01 Å². The zero-order chi connectivity index (χ0) is 15.1. The Morgan fingerprint density at radius 3 is 2.43 bits per heavy atom. The van der Waals surface area contributed by atoms with Crippen molar-refractivity contribution < 1.29 is 9.84 Å². The molecule has 1 fully saturated rings. The quantitative estimate of drug-likeness (QED) is 0.706. The summed E-state index contributed by atoms with van der Waals surface area (Å²) in [6, 6.07) is 0.301. The van der Waals surface area contributed by atoms with Gasteiger partial charge in [0.15, 0.2) is 0 Å². The van der Waals surface area contributed by atoms with Crippen LogP contribution in [0.25, 0.3) is 0 Å². The van der Waals surface area contributed by atoms with E-state index in [0.29, 0.717) is 24.5 Å². The van der Waals surface area contributed by atoms with Crippen molar-refractivity contribution in [1.29, 1.82) is 0 Å². The van der Waals surface area contributed by atoms with Crippen LogP contribution in [0.2, 0.25) is 0 Å². The molecule has 1 saturated carbocycles. The Balaban J connectivity index is 2.20. The highest BCUT2D eigenvalue weighted by atomic mass is 16.5. The predicted octanol–water partition coefficient (Wildman–Crippen LogP) is 1.81. The van der Waals surface area contributed by atoms with Crippen molar-refractivity contribution in [1.82, 2.24) is 15.0 Å². The number of aliphatic hydroxyl groups excluding tert-OH is 1. The zero-order valence-corrected chi connectivity index (χ0v) is 12.9. The van der Waals surface area contributed by atoms with Gasteiger partial charge >= 0.3 is 6.01 Å². The van der Waals surface area contributed by atoms with Gasteiger partial charge in [-0.2, -0.15) is 15.0 Å². The van der Waals surface area contributed by atoms with E-state index in [1.54, 1.807) is 0 Å². The summed E-state index contributed by atoms with van der Waals surface area (Å²) in [5, 5.41) is 16.1. The molecule has 1 aliphatic carbocycles. The molecule has 2 rings (SSSR count). The molecule has 0 aromatic carbocycles. The smallest absolute Gasteiger partial charge is 0.323 e. The first kappa shape index (κ1) is 15.8. The van der Waals surface area contributed by atoms with E-state index in [1.807, 2.05) is 13.8 Å². The van der Waals surface area contributed by atoms with Gasteiger partial charge < -0.3 is 20.5 Å². The second kappa shape index (κ2) is 7.40. The minimum absolute atomic E-state index is 0.0825. The van der Waals surface area contributed by atoms with Gasteiger partial charge in [-0.3, -0.25) is 0 Å². The van der Waals surface area contributed by atoms with Crippen LogP contribution in [0.1, 0.15) is 46.0 Å². The molecule has 0 atom stereocenters. The number of nitrogens with one attached hydrogen (secondary N) is 2. The maximum atomic E-state index is 9.77. The van der Waals surface area contributed by atoms with E-state index in [4.69, 9.17) is 4.74 Å². The molecule has 1 aromatic rings. The Hall–Kier alpha value is -1.63. The first-order chi connectivity index (χ1) is 10.2. The molecule has 0 saturated heterocycles. The van der Waals surface area contributed by atoms with Gasteiger partial charge in [-0.25, -0.2) is 0 Å². The molecule has 0 amide bonds. The van der Waals surface area contributed by atoms with E-state index in [-0.39, 0.29) is 12.1 Å². The summed E-state index contributed by atoms with van der Waals surface area (Å²) < 4.78 is 5.38. The lowest BCUT2D eigenvalue weighted by atomic mass is 9.82. The summed E-state index contributed by atoms with van der Waals surface area (Å²) in [5.41, 5.74) is -0.327.